The summed E-state index contributed by atoms with van der Waals surface area (Å²) in [6, 6.07) is 0. The Balaban J connectivity index is 2.73. The Hall–Kier alpha value is -0.950. The molecule has 1 fully saturated rings. The van der Waals surface area contributed by atoms with E-state index in [1.54, 1.807) is 0 Å². The van der Waals surface area contributed by atoms with Gasteiger partial charge >= 0.3 is 18.3 Å². The van der Waals surface area contributed by atoms with Gasteiger partial charge in [-0.3, -0.25) is 4.79 Å². The Labute approximate surface area is 112 Å². The van der Waals surface area contributed by atoms with Gasteiger partial charge in [-0.05, 0) is 31.1 Å². The van der Waals surface area contributed by atoms with Crippen molar-refractivity contribution in [2.45, 2.75) is 51.6 Å². The number of carbonyl (C=O) groups excluding carboxylic acids is 1. The highest BCUT2D eigenvalue weighted by molar-refractivity contribution is 5.74. The van der Waals surface area contributed by atoms with Crippen molar-refractivity contribution in [1.29, 1.82) is 0 Å². The lowest BCUT2D eigenvalue weighted by Gasteiger charge is -2.32. The second kappa shape index (κ2) is 5.81. The number of ether oxygens (including phenoxy) is 1. The summed E-state index contributed by atoms with van der Waals surface area (Å²) in [7, 11) is 0. The molecule has 0 amide bonds. The molecular formula is C12H16F6O2. The summed E-state index contributed by atoms with van der Waals surface area (Å²) in [4.78, 5) is 11.2. The molecule has 0 bridgehead atoms. The fourth-order valence-corrected chi connectivity index (χ4v) is 2.29. The number of esters is 1. The van der Waals surface area contributed by atoms with Crippen molar-refractivity contribution in [3.63, 3.8) is 0 Å². The van der Waals surface area contributed by atoms with Crippen molar-refractivity contribution in [1.82, 2.24) is 0 Å². The van der Waals surface area contributed by atoms with Crippen molar-refractivity contribution in [3.05, 3.63) is 0 Å². The lowest BCUT2D eigenvalue weighted by atomic mass is 9.80. The number of rotatable bonds is 2. The monoisotopic (exact) mass is 306 g/mol. The molecule has 3 atom stereocenters. The van der Waals surface area contributed by atoms with E-state index in [9.17, 15) is 31.1 Å². The second-order valence-corrected chi connectivity index (χ2v) is 5.34. The Kier molecular flexibility index (Phi) is 4.97. The van der Waals surface area contributed by atoms with Crippen LogP contribution in [0.4, 0.5) is 26.3 Å². The van der Waals surface area contributed by atoms with E-state index in [0.717, 1.165) is 0 Å². The fraction of sp³-hybridized carbons (Fsp3) is 0.917. The summed E-state index contributed by atoms with van der Waals surface area (Å²) < 4.78 is 78.5. The number of hydrogen-bond acceptors (Lipinski definition) is 2. The average molecular weight is 306 g/mol. The zero-order chi connectivity index (χ0) is 15.7. The van der Waals surface area contributed by atoms with Gasteiger partial charge in [0.2, 0.25) is 5.92 Å². The zero-order valence-corrected chi connectivity index (χ0v) is 11.0. The second-order valence-electron chi connectivity index (χ2n) is 5.34. The van der Waals surface area contributed by atoms with E-state index >= 15 is 0 Å². The Bertz CT molecular complexity index is 335. The molecular weight excluding hydrogens is 290 g/mol. The summed E-state index contributed by atoms with van der Waals surface area (Å²) in [6.45, 7) is 3.77. The number of halogens is 6. The third-order valence-corrected chi connectivity index (χ3v) is 3.72. The van der Waals surface area contributed by atoms with E-state index in [2.05, 4.69) is 4.74 Å². The largest absolute Gasteiger partial charge is 0.462 e. The van der Waals surface area contributed by atoms with Crippen molar-refractivity contribution in [2.24, 2.45) is 17.8 Å². The Morgan fingerprint density at radius 3 is 1.90 bits per heavy atom. The van der Waals surface area contributed by atoms with Gasteiger partial charge in [0.25, 0.3) is 0 Å². The van der Waals surface area contributed by atoms with Gasteiger partial charge in [0, 0.05) is 0 Å². The van der Waals surface area contributed by atoms with Gasteiger partial charge in [-0.15, -0.1) is 0 Å². The molecule has 0 aromatic carbocycles. The zero-order valence-electron chi connectivity index (χ0n) is 11.0. The third kappa shape index (κ3) is 4.28. The predicted molar refractivity (Wildman–Crippen MR) is 57.7 cm³/mol. The highest BCUT2D eigenvalue weighted by atomic mass is 19.4. The standard InChI is InChI=1S/C12H16F6O2/c1-6-3-4-8(5-7(6)2)20-10(19)9(11(13,14)15)12(16,17)18/h6-9H,3-5H2,1-2H3/t6-,7-,8+/m0/s1. The van der Waals surface area contributed by atoms with E-state index < -0.39 is 30.3 Å². The van der Waals surface area contributed by atoms with Gasteiger partial charge in [0.15, 0.2) is 0 Å². The van der Waals surface area contributed by atoms with Crippen LogP contribution in [0.1, 0.15) is 33.1 Å². The highest BCUT2D eigenvalue weighted by Crippen LogP contribution is 2.41. The normalized spacial score (nSPS) is 28.6. The van der Waals surface area contributed by atoms with Crippen molar-refractivity contribution in [3.8, 4) is 0 Å². The quantitative estimate of drug-likeness (QED) is 0.567. The molecule has 1 aliphatic carbocycles. The summed E-state index contributed by atoms with van der Waals surface area (Å²) in [5.41, 5.74) is 0. The van der Waals surface area contributed by atoms with Crippen LogP contribution in [0, 0.1) is 17.8 Å². The summed E-state index contributed by atoms with van der Waals surface area (Å²) in [5.74, 6) is -5.91. The molecule has 1 aliphatic rings. The molecule has 0 N–H and O–H groups in total. The SMILES string of the molecule is C[C@H]1CC[C@@H](OC(=O)C(C(F)(F)F)C(F)(F)F)C[C@@H]1C. The molecule has 118 valence electrons. The minimum atomic E-state index is -5.69. The van der Waals surface area contributed by atoms with Crippen LogP contribution >= 0.6 is 0 Å². The van der Waals surface area contributed by atoms with Crippen LogP contribution in [-0.4, -0.2) is 24.4 Å². The van der Waals surface area contributed by atoms with Crippen molar-refractivity contribution in [2.75, 3.05) is 0 Å². The predicted octanol–water partition coefficient (Wildman–Crippen LogP) is 4.10. The van der Waals surface area contributed by atoms with Crippen LogP contribution in [0.5, 0.6) is 0 Å². The van der Waals surface area contributed by atoms with E-state index in [0.29, 0.717) is 18.8 Å². The minimum Gasteiger partial charge on any atom is -0.462 e. The number of hydrogen-bond donors (Lipinski definition) is 0. The minimum absolute atomic E-state index is 0.0942. The van der Waals surface area contributed by atoms with Crippen LogP contribution in [0.3, 0.4) is 0 Å². The first kappa shape index (κ1) is 17.1. The van der Waals surface area contributed by atoms with Crippen LogP contribution in [0.25, 0.3) is 0 Å². The maximum atomic E-state index is 12.3. The fourth-order valence-electron chi connectivity index (χ4n) is 2.29. The average Bonchev–Trinajstić information content (AvgIpc) is 2.18. The van der Waals surface area contributed by atoms with E-state index in [-0.39, 0.29) is 12.3 Å². The summed E-state index contributed by atoms with van der Waals surface area (Å²) in [6.07, 6.45) is -11.1. The molecule has 0 aromatic heterocycles. The molecule has 0 heterocycles. The van der Waals surface area contributed by atoms with Crippen molar-refractivity contribution < 1.29 is 35.9 Å². The van der Waals surface area contributed by atoms with Crippen LogP contribution < -0.4 is 0 Å². The van der Waals surface area contributed by atoms with Gasteiger partial charge in [0.1, 0.15) is 6.10 Å². The van der Waals surface area contributed by atoms with Crippen LogP contribution in [0.15, 0.2) is 0 Å². The topological polar surface area (TPSA) is 26.3 Å². The molecule has 0 aliphatic heterocycles. The summed E-state index contributed by atoms with van der Waals surface area (Å²) in [5, 5.41) is 0. The summed E-state index contributed by atoms with van der Waals surface area (Å²) >= 11 is 0. The smallest absolute Gasteiger partial charge is 0.411 e. The van der Waals surface area contributed by atoms with Gasteiger partial charge in [-0.2, -0.15) is 26.3 Å². The van der Waals surface area contributed by atoms with E-state index in [1.165, 1.54) is 0 Å². The van der Waals surface area contributed by atoms with Gasteiger partial charge in [0.05, 0.1) is 0 Å². The van der Waals surface area contributed by atoms with E-state index in [1.807, 2.05) is 13.8 Å². The molecule has 20 heavy (non-hydrogen) atoms. The third-order valence-electron chi connectivity index (χ3n) is 3.72. The maximum absolute atomic E-state index is 12.3. The van der Waals surface area contributed by atoms with Gasteiger partial charge in [-0.1, -0.05) is 13.8 Å². The number of alkyl halides is 6. The molecule has 0 aromatic rings. The molecule has 2 nitrogen and oxygen atoms in total. The van der Waals surface area contributed by atoms with E-state index in [4.69, 9.17) is 0 Å². The molecule has 0 saturated heterocycles. The first-order valence-electron chi connectivity index (χ1n) is 6.26. The molecule has 0 spiro atoms. The number of carbonyl (C=O) groups is 1. The molecule has 0 radical (unpaired) electrons. The Morgan fingerprint density at radius 1 is 1.00 bits per heavy atom. The molecule has 8 heteroatoms. The first-order valence-corrected chi connectivity index (χ1v) is 6.26. The van der Waals surface area contributed by atoms with Crippen molar-refractivity contribution >= 4 is 5.97 Å². The molecule has 1 rings (SSSR count). The lowest BCUT2D eigenvalue weighted by Crippen LogP contribution is -2.45. The first-order chi connectivity index (χ1) is 8.93. The highest BCUT2D eigenvalue weighted by Gasteiger charge is 2.62. The van der Waals surface area contributed by atoms with Crippen LogP contribution in [0.2, 0.25) is 0 Å². The van der Waals surface area contributed by atoms with Gasteiger partial charge < -0.3 is 4.74 Å². The molecule has 1 saturated carbocycles. The maximum Gasteiger partial charge on any atom is 0.411 e. The molecule has 0 unspecified atom stereocenters. The lowest BCUT2D eigenvalue weighted by molar-refractivity contribution is -0.283. The van der Waals surface area contributed by atoms with Gasteiger partial charge in [-0.25, -0.2) is 0 Å². The Morgan fingerprint density at radius 2 is 1.50 bits per heavy atom. The van der Waals surface area contributed by atoms with Crippen LogP contribution in [-0.2, 0) is 9.53 Å².